The van der Waals surface area contributed by atoms with Crippen LogP contribution in [-0.4, -0.2) is 28.7 Å². The number of hydrogen-bond donors (Lipinski definition) is 3. The molecule has 1 aromatic rings. The van der Waals surface area contributed by atoms with Crippen molar-refractivity contribution in [1.82, 2.24) is 0 Å². The third-order valence-electron chi connectivity index (χ3n) is 5.59. The summed E-state index contributed by atoms with van der Waals surface area (Å²) in [6.45, 7) is 3.03. The number of anilines is 1. The van der Waals surface area contributed by atoms with E-state index >= 15 is 0 Å². The van der Waals surface area contributed by atoms with E-state index in [1.807, 2.05) is 0 Å². The molecule has 0 aliphatic rings. The molecular formula is C25H43NNa2O4. The standard InChI is InChI=1S/C25H41NO4.2Na.2H/c1-2-3-4-5-6-7-8-9-10-11-12-13-14-15-16-19-26-21-17-18-22(24(27)28)23(20-21)25(29)30;;;;/h17-18,20,26H,2-16,19H2,1H3,(H,27,28)(H,29,30);;;;/q;2*+1;2*-1. The first-order valence-electron chi connectivity index (χ1n) is 11.9. The van der Waals surface area contributed by atoms with Crippen LogP contribution in [0.4, 0.5) is 5.69 Å². The number of aromatic carboxylic acids is 2. The van der Waals surface area contributed by atoms with Crippen LogP contribution >= 0.6 is 0 Å². The molecule has 0 saturated carbocycles. The van der Waals surface area contributed by atoms with Gasteiger partial charge >= 0.3 is 71.1 Å². The Morgan fingerprint density at radius 2 is 1.09 bits per heavy atom. The third kappa shape index (κ3) is 16.6. The third-order valence-corrected chi connectivity index (χ3v) is 5.59. The molecule has 0 fully saturated rings. The molecule has 174 valence electrons. The number of rotatable bonds is 19. The Hall–Kier alpha value is -0.0400. The van der Waals surface area contributed by atoms with Crippen molar-refractivity contribution in [1.29, 1.82) is 0 Å². The van der Waals surface area contributed by atoms with E-state index in [2.05, 4.69) is 12.2 Å². The molecule has 0 bridgehead atoms. The van der Waals surface area contributed by atoms with Gasteiger partial charge in [0.25, 0.3) is 0 Å². The quantitative estimate of drug-likeness (QED) is 0.213. The van der Waals surface area contributed by atoms with Gasteiger partial charge in [0.2, 0.25) is 0 Å². The molecule has 0 atom stereocenters. The summed E-state index contributed by atoms with van der Waals surface area (Å²) in [5.74, 6) is -2.44. The second-order valence-electron chi connectivity index (χ2n) is 8.25. The Labute approximate surface area is 242 Å². The average molecular weight is 468 g/mol. The van der Waals surface area contributed by atoms with Crippen LogP contribution in [0.2, 0.25) is 0 Å². The molecule has 0 radical (unpaired) electrons. The van der Waals surface area contributed by atoms with E-state index in [4.69, 9.17) is 10.2 Å². The van der Waals surface area contributed by atoms with Gasteiger partial charge in [0.15, 0.2) is 0 Å². The minimum atomic E-state index is -1.22. The van der Waals surface area contributed by atoms with Crippen molar-refractivity contribution in [2.75, 3.05) is 11.9 Å². The predicted molar refractivity (Wildman–Crippen MR) is 126 cm³/mol. The van der Waals surface area contributed by atoms with Crippen molar-refractivity contribution >= 4 is 17.6 Å². The Morgan fingerprint density at radius 1 is 0.688 bits per heavy atom. The molecule has 0 aliphatic heterocycles. The normalized spacial score (nSPS) is 10.2. The van der Waals surface area contributed by atoms with E-state index in [1.54, 1.807) is 6.07 Å². The van der Waals surface area contributed by atoms with Gasteiger partial charge < -0.3 is 18.4 Å². The van der Waals surface area contributed by atoms with Crippen molar-refractivity contribution in [3.63, 3.8) is 0 Å². The van der Waals surface area contributed by atoms with Crippen molar-refractivity contribution in [2.45, 2.75) is 103 Å². The fraction of sp³-hybridized carbons (Fsp3) is 0.680. The van der Waals surface area contributed by atoms with Gasteiger partial charge in [0, 0.05) is 12.2 Å². The van der Waals surface area contributed by atoms with Gasteiger partial charge in [-0.05, 0) is 24.6 Å². The molecular weight excluding hydrogens is 424 g/mol. The van der Waals surface area contributed by atoms with Crippen LogP contribution in [0.5, 0.6) is 0 Å². The van der Waals surface area contributed by atoms with E-state index in [-0.39, 0.29) is 73.1 Å². The summed E-state index contributed by atoms with van der Waals surface area (Å²) in [4.78, 5) is 22.3. The van der Waals surface area contributed by atoms with Crippen molar-refractivity contribution in [2.24, 2.45) is 0 Å². The van der Waals surface area contributed by atoms with Gasteiger partial charge in [0.1, 0.15) is 0 Å². The molecule has 1 aromatic carbocycles. The molecule has 3 N–H and O–H groups in total. The predicted octanol–water partition coefficient (Wildman–Crippen LogP) is 1.60. The number of carboxylic acids is 2. The molecule has 0 saturated heterocycles. The number of carbonyl (C=O) groups is 2. The van der Waals surface area contributed by atoms with Crippen molar-refractivity contribution in [3.8, 4) is 0 Å². The minimum Gasteiger partial charge on any atom is -1.00 e. The average Bonchev–Trinajstić information content (AvgIpc) is 2.73. The molecule has 32 heavy (non-hydrogen) atoms. The molecule has 0 unspecified atom stereocenters. The maximum absolute atomic E-state index is 11.2. The van der Waals surface area contributed by atoms with Crippen molar-refractivity contribution < 1.29 is 81.8 Å². The summed E-state index contributed by atoms with van der Waals surface area (Å²) in [5, 5.41) is 21.4. The second-order valence-corrected chi connectivity index (χ2v) is 8.25. The number of unbranched alkanes of at least 4 members (excludes halogenated alkanes) is 14. The van der Waals surface area contributed by atoms with Crippen molar-refractivity contribution in [3.05, 3.63) is 29.3 Å². The Bertz CT molecular complexity index is 637. The molecule has 0 amide bonds. The Morgan fingerprint density at radius 3 is 1.50 bits per heavy atom. The second kappa shape index (κ2) is 22.7. The topological polar surface area (TPSA) is 86.6 Å². The molecule has 0 heterocycles. The zero-order chi connectivity index (χ0) is 22.0. The van der Waals surface area contributed by atoms with Crippen LogP contribution < -0.4 is 64.4 Å². The maximum atomic E-state index is 11.2. The van der Waals surface area contributed by atoms with Gasteiger partial charge in [-0.15, -0.1) is 0 Å². The van der Waals surface area contributed by atoms with Crippen LogP contribution in [0.3, 0.4) is 0 Å². The van der Waals surface area contributed by atoms with E-state index in [9.17, 15) is 9.59 Å². The Kier molecular flexibility index (Phi) is 24.3. The van der Waals surface area contributed by atoms with E-state index in [0.717, 1.165) is 19.4 Å². The van der Waals surface area contributed by atoms with Crippen LogP contribution in [0.1, 0.15) is 127 Å². The zero-order valence-corrected chi connectivity index (χ0v) is 24.8. The van der Waals surface area contributed by atoms with Gasteiger partial charge in [-0.1, -0.05) is 96.8 Å². The number of hydrogen-bond acceptors (Lipinski definition) is 3. The molecule has 0 aromatic heterocycles. The largest absolute Gasteiger partial charge is 1.00 e. The SMILES string of the molecule is CCCCCCCCCCCCCCCCCNc1ccc(C(=O)O)c(C(=O)O)c1.[H-].[H-].[Na+].[Na+]. The van der Waals surface area contributed by atoms with Crippen LogP contribution in [-0.2, 0) is 0 Å². The van der Waals surface area contributed by atoms with E-state index in [0.29, 0.717) is 5.69 Å². The van der Waals surface area contributed by atoms with Gasteiger partial charge in [-0.2, -0.15) is 0 Å². The first-order valence-corrected chi connectivity index (χ1v) is 11.9. The number of nitrogens with one attached hydrogen (secondary N) is 1. The molecule has 0 spiro atoms. The summed E-state index contributed by atoms with van der Waals surface area (Å²) < 4.78 is 0. The van der Waals surface area contributed by atoms with Gasteiger partial charge in [-0.25, -0.2) is 9.59 Å². The summed E-state index contributed by atoms with van der Waals surface area (Å²) in [5.41, 5.74) is 0.298. The molecule has 1 rings (SSSR count). The number of carboxylic acid groups (broad SMARTS) is 2. The molecule has 0 aliphatic carbocycles. The van der Waals surface area contributed by atoms with Gasteiger partial charge in [0.05, 0.1) is 11.1 Å². The van der Waals surface area contributed by atoms with Crippen LogP contribution in [0, 0.1) is 0 Å². The fourth-order valence-corrected chi connectivity index (χ4v) is 3.75. The monoisotopic (exact) mass is 467 g/mol. The van der Waals surface area contributed by atoms with Crippen LogP contribution in [0.25, 0.3) is 0 Å². The first kappa shape index (κ1) is 34.1. The minimum absolute atomic E-state index is 0. The maximum Gasteiger partial charge on any atom is 1.00 e. The Balaban J connectivity index is -0.00000112. The summed E-state index contributed by atoms with van der Waals surface area (Å²) in [6.07, 6.45) is 19.9. The summed E-state index contributed by atoms with van der Waals surface area (Å²) >= 11 is 0. The summed E-state index contributed by atoms with van der Waals surface area (Å²) in [7, 11) is 0. The molecule has 7 heteroatoms. The van der Waals surface area contributed by atoms with E-state index < -0.39 is 11.9 Å². The fourth-order valence-electron chi connectivity index (χ4n) is 3.75. The smallest absolute Gasteiger partial charge is 1.00 e. The van der Waals surface area contributed by atoms with E-state index in [1.165, 1.54) is 95.6 Å². The first-order chi connectivity index (χ1) is 14.6. The number of benzene rings is 1. The molecule has 5 nitrogen and oxygen atoms in total. The van der Waals surface area contributed by atoms with Crippen LogP contribution in [0.15, 0.2) is 18.2 Å². The zero-order valence-electron chi connectivity index (χ0n) is 22.8. The summed E-state index contributed by atoms with van der Waals surface area (Å²) in [6, 6.07) is 4.37. The van der Waals surface area contributed by atoms with Gasteiger partial charge in [-0.3, -0.25) is 0 Å².